The molecule has 1 aliphatic rings. The van der Waals surface area contributed by atoms with E-state index in [1.165, 1.54) is 19.0 Å². The standard InChI is InChI=1S/C9H13N3O/c1-7-8(13)6-10-9(11-7)12-4-2-3-5-12/h6,13H,2-5H2,1H3. The van der Waals surface area contributed by atoms with Gasteiger partial charge in [0.15, 0.2) is 5.75 Å². The fourth-order valence-electron chi connectivity index (χ4n) is 1.52. The van der Waals surface area contributed by atoms with Crippen LogP contribution in [0, 0.1) is 6.92 Å². The van der Waals surface area contributed by atoms with Crippen LogP contribution in [-0.2, 0) is 0 Å². The minimum absolute atomic E-state index is 0.169. The summed E-state index contributed by atoms with van der Waals surface area (Å²) >= 11 is 0. The van der Waals surface area contributed by atoms with Gasteiger partial charge in [0.2, 0.25) is 5.95 Å². The molecule has 0 spiro atoms. The highest BCUT2D eigenvalue weighted by Crippen LogP contribution is 2.19. The Bertz CT molecular complexity index is 308. The molecule has 0 unspecified atom stereocenters. The van der Waals surface area contributed by atoms with Gasteiger partial charge in [0.05, 0.1) is 11.9 Å². The van der Waals surface area contributed by atoms with E-state index in [1.807, 2.05) is 0 Å². The van der Waals surface area contributed by atoms with Crippen molar-refractivity contribution in [2.75, 3.05) is 18.0 Å². The van der Waals surface area contributed by atoms with Crippen molar-refractivity contribution >= 4 is 5.95 Å². The Morgan fingerprint density at radius 1 is 1.38 bits per heavy atom. The number of aromatic hydroxyl groups is 1. The Morgan fingerprint density at radius 3 is 2.69 bits per heavy atom. The SMILES string of the molecule is Cc1nc(N2CCCC2)ncc1O. The summed E-state index contributed by atoms with van der Waals surface area (Å²) in [6, 6.07) is 0. The molecule has 0 radical (unpaired) electrons. The Morgan fingerprint density at radius 2 is 2.08 bits per heavy atom. The van der Waals surface area contributed by atoms with E-state index in [1.54, 1.807) is 6.92 Å². The second-order valence-electron chi connectivity index (χ2n) is 3.33. The molecule has 1 fully saturated rings. The molecule has 1 aromatic rings. The second kappa shape index (κ2) is 3.20. The van der Waals surface area contributed by atoms with Crippen molar-refractivity contribution in [2.45, 2.75) is 19.8 Å². The largest absolute Gasteiger partial charge is 0.504 e. The van der Waals surface area contributed by atoms with Crippen LogP contribution in [0.4, 0.5) is 5.95 Å². The van der Waals surface area contributed by atoms with Gasteiger partial charge >= 0.3 is 0 Å². The predicted molar refractivity (Wildman–Crippen MR) is 49.9 cm³/mol. The van der Waals surface area contributed by atoms with Gasteiger partial charge < -0.3 is 10.0 Å². The maximum Gasteiger partial charge on any atom is 0.225 e. The van der Waals surface area contributed by atoms with E-state index in [-0.39, 0.29) is 5.75 Å². The van der Waals surface area contributed by atoms with Crippen molar-refractivity contribution in [2.24, 2.45) is 0 Å². The molecule has 1 N–H and O–H groups in total. The molecule has 1 aliphatic heterocycles. The maximum absolute atomic E-state index is 9.24. The van der Waals surface area contributed by atoms with Crippen molar-refractivity contribution in [3.8, 4) is 5.75 Å². The normalized spacial score (nSPS) is 16.5. The van der Waals surface area contributed by atoms with Crippen LogP contribution in [0.15, 0.2) is 6.20 Å². The van der Waals surface area contributed by atoms with E-state index >= 15 is 0 Å². The third-order valence-electron chi connectivity index (χ3n) is 2.33. The van der Waals surface area contributed by atoms with Crippen molar-refractivity contribution in [1.29, 1.82) is 0 Å². The Labute approximate surface area is 77.2 Å². The third-order valence-corrected chi connectivity index (χ3v) is 2.33. The molecule has 13 heavy (non-hydrogen) atoms. The molecule has 2 rings (SSSR count). The first kappa shape index (κ1) is 8.29. The van der Waals surface area contributed by atoms with Gasteiger partial charge in [0, 0.05) is 13.1 Å². The van der Waals surface area contributed by atoms with E-state index in [0.29, 0.717) is 5.69 Å². The molecule has 0 bridgehead atoms. The van der Waals surface area contributed by atoms with Crippen LogP contribution in [0.2, 0.25) is 0 Å². The van der Waals surface area contributed by atoms with Crippen LogP contribution in [0.25, 0.3) is 0 Å². The minimum Gasteiger partial charge on any atom is -0.504 e. The average molecular weight is 179 g/mol. The zero-order valence-electron chi connectivity index (χ0n) is 7.69. The van der Waals surface area contributed by atoms with E-state index in [4.69, 9.17) is 0 Å². The van der Waals surface area contributed by atoms with Gasteiger partial charge in [-0.1, -0.05) is 0 Å². The summed E-state index contributed by atoms with van der Waals surface area (Å²) in [5.41, 5.74) is 0.650. The molecule has 0 amide bonds. The minimum atomic E-state index is 0.169. The van der Waals surface area contributed by atoms with Gasteiger partial charge in [-0.25, -0.2) is 9.97 Å². The number of nitrogens with zero attached hydrogens (tertiary/aromatic N) is 3. The molecule has 4 heteroatoms. The lowest BCUT2D eigenvalue weighted by atomic mass is 10.4. The van der Waals surface area contributed by atoms with Crippen LogP contribution >= 0.6 is 0 Å². The van der Waals surface area contributed by atoms with Crippen molar-refractivity contribution in [3.05, 3.63) is 11.9 Å². The Hall–Kier alpha value is -1.32. The molecule has 0 atom stereocenters. The summed E-state index contributed by atoms with van der Waals surface area (Å²) in [5.74, 6) is 0.913. The van der Waals surface area contributed by atoms with Crippen LogP contribution in [0.1, 0.15) is 18.5 Å². The molecule has 0 saturated carbocycles. The van der Waals surface area contributed by atoms with Gasteiger partial charge in [-0.2, -0.15) is 0 Å². The van der Waals surface area contributed by atoms with E-state index in [9.17, 15) is 5.11 Å². The highest BCUT2D eigenvalue weighted by atomic mass is 16.3. The van der Waals surface area contributed by atoms with E-state index < -0.39 is 0 Å². The van der Waals surface area contributed by atoms with Crippen molar-refractivity contribution in [3.63, 3.8) is 0 Å². The predicted octanol–water partition coefficient (Wildman–Crippen LogP) is 1.09. The lowest BCUT2D eigenvalue weighted by Crippen LogP contribution is -2.20. The number of anilines is 1. The number of rotatable bonds is 1. The van der Waals surface area contributed by atoms with E-state index in [0.717, 1.165) is 19.0 Å². The highest BCUT2D eigenvalue weighted by Gasteiger charge is 2.15. The molecule has 1 aromatic heterocycles. The lowest BCUT2D eigenvalue weighted by Gasteiger charge is -2.14. The first-order valence-electron chi connectivity index (χ1n) is 4.55. The fourth-order valence-corrected chi connectivity index (χ4v) is 1.52. The number of aromatic nitrogens is 2. The van der Waals surface area contributed by atoms with Crippen LogP contribution in [-0.4, -0.2) is 28.2 Å². The Kier molecular flexibility index (Phi) is 2.04. The summed E-state index contributed by atoms with van der Waals surface area (Å²) in [6.45, 7) is 3.85. The van der Waals surface area contributed by atoms with Gasteiger partial charge in [0.1, 0.15) is 0 Å². The Balaban J connectivity index is 2.25. The summed E-state index contributed by atoms with van der Waals surface area (Å²) in [7, 11) is 0. The van der Waals surface area contributed by atoms with Gasteiger partial charge in [-0.05, 0) is 19.8 Å². The topological polar surface area (TPSA) is 49.2 Å². The summed E-state index contributed by atoms with van der Waals surface area (Å²) in [6.07, 6.45) is 3.89. The fraction of sp³-hybridized carbons (Fsp3) is 0.556. The van der Waals surface area contributed by atoms with E-state index in [2.05, 4.69) is 14.9 Å². The number of aryl methyl sites for hydroxylation is 1. The first-order valence-corrected chi connectivity index (χ1v) is 4.55. The van der Waals surface area contributed by atoms with Gasteiger partial charge in [-0.3, -0.25) is 0 Å². The molecule has 70 valence electrons. The molecule has 4 nitrogen and oxygen atoms in total. The van der Waals surface area contributed by atoms with Crippen molar-refractivity contribution in [1.82, 2.24) is 9.97 Å². The maximum atomic E-state index is 9.24. The third kappa shape index (κ3) is 1.56. The second-order valence-corrected chi connectivity index (χ2v) is 3.33. The summed E-state index contributed by atoms with van der Waals surface area (Å²) < 4.78 is 0. The summed E-state index contributed by atoms with van der Waals surface area (Å²) in [5, 5.41) is 9.24. The monoisotopic (exact) mass is 179 g/mol. The molecule has 2 heterocycles. The quantitative estimate of drug-likeness (QED) is 0.701. The molecule has 0 aromatic carbocycles. The van der Waals surface area contributed by atoms with Gasteiger partial charge in [-0.15, -0.1) is 0 Å². The first-order chi connectivity index (χ1) is 6.27. The highest BCUT2D eigenvalue weighted by molar-refractivity contribution is 5.35. The zero-order chi connectivity index (χ0) is 9.26. The lowest BCUT2D eigenvalue weighted by molar-refractivity contribution is 0.464. The van der Waals surface area contributed by atoms with Crippen LogP contribution < -0.4 is 4.90 Å². The number of hydrogen-bond donors (Lipinski definition) is 1. The van der Waals surface area contributed by atoms with Gasteiger partial charge in [0.25, 0.3) is 0 Å². The smallest absolute Gasteiger partial charge is 0.225 e. The van der Waals surface area contributed by atoms with Crippen molar-refractivity contribution < 1.29 is 5.11 Å². The average Bonchev–Trinajstić information content (AvgIpc) is 2.62. The molecular formula is C9H13N3O. The molecular weight excluding hydrogens is 166 g/mol. The number of hydrogen-bond acceptors (Lipinski definition) is 4. The molecule has 1 saturated heterocycles. The molecule has 0 aliphatic carbocycles. The summed E-state index contributed by atoms with van der Waals surface area (Å²) in [4.78, 5) is 10.5. The van der Waals surface area contributed by atoms with Crippen LogP contribution in [0.3, 0.4) is 0 Å². The van der Waals surface area contributed by atoms with Crippen LogP contribution in [0.5, 0.6) is 5.75 Å². The zero-order valence-corrected chi connectivity index (χ0v) is 7.69.